The first kappa shape index (κ1) is 25.3. The maximum atomic E-state index is 13.8. The molecule has 3 aromatic carbocycles. The summed E-state index contributed by atoms with van der Waals surface area (Å²) in [6, 6.07) is 27.9. The summed E-state index contributed by atoms with van der Waals surface area (Å²) in [6.07, 6.45) is 10.3. The summed E-state index contributed by atoms with van der Waals surface area (Å²) in [7, 11) is 0. The number of benzene rings is 3. The number of para-hydroxylation sites is 2. The molecule has 0 saturated heterocycles. The first-order chi connectivity index (χ1) is 18.2. The van der Waals surface area contributed by atoms with Gasteiger partial charge >= 0.3 is 0 Å². The molecule has 0 heterocycles. The van der Waals surface area contributed by atoms with E-state index in [-0.39, 0.29) is 23.7 Å². The topological polar surface area (TPSA) is 58.2 Å². The summed E-state index contributed by atoms with van der Waals surface area (Å²) in [4.78, 5) is 27.5. The van der Waals surface area contributed by atoms with Crippen molar-refractivity contribution in [3.63, 3.8) is 0 Å². The highest BCUT2D eigenvalue weighted by atomic mass is 16.2. The molecule has 0 bridgehead atoms. The number of nitrogens with one attached hydrogen (secondary N) is 2. The molecule has 2 saturated carbocycles. The summed E-state index contributed by atoms with van der Waals surface area (Å²) in [6.45, 7) is 0. The zero-order valence-corrected chi connectivity index (χ0v) is 21.6. The monoisotopic (exact) mass is 494 g/mol. The zero-order valence-electron chi connectivity index (χ0n) is 21.6. The van der Waals surface area contributed by atoms with E-state index in [2.05, 4.69) is 34.9 Å². The highest BCUT2D eigenvalue weighted by molar-refractivity contribution is 6.03. The first-order valence-corrected chi connectivity index (χ1v) is 14.0. The van der Waals surface area contributed by atoms with Gasteiger partial charge in [0.25, 0.3) is 0 Å². The number of amides is 2. The van der Waals surface area contributed by atoms with Crippen LogP contribution in [-0.4, -0.2) is 11.8 Å². The van der Waals surface area contributed by atoms with Crippen molar-refractivity contribution < 1.29 is 9.59 Å². The fourth-order valence-electron chi connectivity index (χ4n) is 6.48. The molecule has 0 aromatic heterocycles. The van der Waals surface area contributed by atoms with Gasteiger partial charge < -0.3 is 10.6 Å². The van der Waals surface area contributed by atoms with Crippen molar-refractivity contribution in [3.8, 4) is 0 Å². The highest BCUT2D eigenvalue weighted by Crippen LogP contribution is 2.40. The second-order valence-electron chi connectivity index (χ2n) is 10.7. The van der Waals surface area contributed by atoms with Crippen LogP contribution in [0, 0.1) is 11.8 Å². The van der Waals surface area contributed by atoms with E-state index in [1.54, 1.807) is 0 Å². The Balaban J connectivity index is 1.37. The van der Waals surface area contributed by atoms with Gasteiger partial charge in [-0.15, -0.1) is 0 Å². The Labute approximate surface area is 220 Å². The maximum Gasteiger partial charge on any atom is 0.232 e. The van der Waals surface area contributed by atoms with Gasteiger partial charge in [0.2, 0.25) is 11.8 Å². The summed E-state index contributed by atoms with van der Waals surface area (Å²) in [5, 5.41) is 6.40. The van der Waals surface area contributed by atoms with Gasteiger partial charge in [0.05, 0.1) is 23.2 Å². The van der Waals surface area contributed by atoms with Crippen molar-refractivity contribution in [2.75, 3.05) is 10.6 Å². The minimum absolute atomic E-state index is 0.00619. The average Bonchev–Trinajstić information content (AvgIpc) is 3.46. The largest absolute Gasteiger partial charge is 0.324 e. The standard InChI is InChI=1S/C33H38N2O2/c36-32(30(24-14-4-1-5-15-24)25-16-6-2-7-17-25)34-28-22-12-13-23-29(28)35-33(37)31(27-20-10-11-21-27)26-18-8-3-9-19-26/h1,3-5,8-9,12-15,18-19,22-23,25,27,30-31H,2,6-7,10-11,16-17,20-21H2,(H,34,36)(H,35,37). The third-order valence-electron chi connectivity index (χ3n) is 8.32. The predicted octanol–water partition coefficient (Wildman–Crippen LogP) is 7.90. The number of carbonyl (C=O) groups excluding carboxylic acids is 2. The quantitative estimate of drug-likeness (QED) is 0.334. The summed E-state index contributed by atoms with van der Waals surface area (Å²) < 4.78 is 0. The molecule has 0 spiro atoms. The first-order valence-electron chi connectivity index (χ1n) is 14.0. The number of hydrogen-bond acceptors (Lipinski definition) is 2. The van der Waals surface area contributed by atoms with E-state index in [1.165, 1.54) is 32.1 Å². The molecule has 2 aliphatic rings. The van der Waals surface area contributed by atoms with Gasteiger partial charge in [-0.25, -0.2) is 0 Å². The Morgan fingerprint density at radius 2 is 0.865 bits per heavy atom. The van der Waals surface area contributed by atoms with Crippen molar-refractivity contribution in [1.82, 2.24) is 0 Å². The van der Waals surface area contributed by atoms with Crippen molar-refractivity contribution in [1.29, 1.82) is 0 Å². The fraction of sp³-hybridized carbons (Fsp3) is 0.394. The smallest absolute Gasteiger partial charge is 0.232 e. The van der Waals surface area contributed by atoms with E-state index >= 15 is 0 Å². The number of carbonyl (C=O) groups is 2. The molecular weight excluding hydrogens is 456 g/mol. The van der Waals surface area contributed by atoms with Crippen LogP contribution in [0.2, 0.25) is 0 Å². The second-order valence-corrected chi connectivity index (χ2v) is 10.7. The molecular formula is C33H38N2O2. The lowest BCUT2D eigenvalue weighted by Crippen LogP contribution is -2.30. The van der Waals surface area contributed by atoms with E-state index in [1.807, 2.05) is 60.7 Å². The van der Waals surface area contributed by atoms with Crippen LogP contribution in [0.4, 0.5) is 11.4 Å². The van der Waals surface area contributed by atoms with Crippen LogP contribution in [0.25, 0.3) is 0 Å². The van der Waals surface area contributed by atoms with Crippen LogP contribution >= 0.6 is 0 Å². The molecule has 5 rings (SSSR count). The van der Waals surface area contributed by atoms with Crippen LogP contribution in [-0.2, 0) is 9.59 Å². The third-order valence-corrected chi connectivity index (χ3v) is 8.32. The lowest BCUT2D eigenvalue weighted by molar-refractivity contribution is -0.119. The Morgan fingerprint density at radius 1 is 0.514 bits per heavy atom. The second kappa shape index (κ2) is 12.2. The van der Waals surface area contributed by atoms with Gasteiger partial charge in [0.15, 0.2) is 0 Å². The molecule has 2 aliphatic carbocycles. The Hall–Kier alpha value is -3.40. The summed E-state index contributed by atoms with van der Waals surface area (Å²) >= 11 is 0. The van der Waals surface area contributed by atoms with E-state index in [4.69, 9.17) is 0 Å². The van der Waals surface area contributed by atoms with Crippen LogP contribution in [0.5, 0.6) is 0 Å². The van der Waals surface area contributed by atoms with Gasteiger partial charge in [-0.1, -0.05) is 105 Å². The Morgan fingerprint density at radius 3 is 1.27 bits per heavy atom. The van der Waals surface area contributed by atoms with Gasteiger partial charge in [0, 0.05) is 0 Å². The van der Waals surface area contributed by atoms with Crippen molar-refractivity contribution in [3.05, 3.63) is 96.1 Å². The molecule has 2 atom stereocenters. The molecule has 0 aliphatic heterocycles. The van der Waals surface area contributed by atoms with Crippen molar-refractivity contribution in [2.24, 2.45) is 11.8 Å². The lowest BCUT2D eigenvalue weighted by Gasteiger charge is -2.30. The van der Waals surface area contributed by atoms with E-state index in [9.17, 15) is 9.59 Å². The summed E-state index contributed by atoms with van der Waals surface area (Å²) in [5.41, 5.74) is 3.46. The van der Waals surface area contributed by atoms with Crippen LogP contribution in [0.15, 0.2) is 84.9 Å². The molecule has 3 aromatic rings. The van der Waals surface area contributed by atoms with Crippen molar-refractivity contribution in [2.45, 2.75) is 69.6 Å². The molecule has 2 N–H and O–H groups in total. The predicted molar refractivity (Wildman–Crippen MR) is 151 cm³/mol. The highest BCUT2D eigenvalue weighted by Gasteiger charge is 2.33. The molecule has 2 amide bonds. The van der Waals surface area contributed by atoms with Crippen LogP contribution < -0.4 is 10.6 Å². The molecule has 2 unspecified atom stereocenters. The van der Waals surface area contributed by atoms with Gasteiger partial charge in [0.1, 0.15) is 0 Å². The number of anilines is 2. The minimum atomic E-state index is -0.194. The molecule has 0 radical (unpaired) electrons. The van der Waals surface area contributed by atoms with Crippen LogP contribution in [0.1, 0.15) is 80.8 Å². The SMILES string of the molecule is O=C(Nc1ccccc1NC(=O)C(c1ccccc1)C1CCCC1)C(c1ccccc1)C1CCCCC1. The minimum Gasteiger partial charge on any atom is -0.324 e. The molecule has 4 nitrogen and oxygen atoms in total. The van der Waals surface area contributed by atoms with Gasteiger partial charge in [-0.05, 0) is 60.8 Å². The lowest BCUT2D eigenvalue weighted by atomic mass is 9.76. The Bertz CT molecular complexity index is 1170. The normalized spacial score (nSPS) is 18.2. The van der Waals surface area contributed by atoms with Gasteiger partial charge in [-0.3, -0.25) is 9.59 Å². The maximum absolute atomic E-state index is 13.8. The van der Waals surface area contributed by atoms with Crippen molar-refractivity contribution >= 4 is 23.2 Å². The van der Waals surface area contributed by atoms with E-state index < -0.39 is 0 Å². The fourth-order valence-corrected chi connectivity index (χ4v) is 6.48. The molecule has 192 valence electrons. The molecule has 37 heavy (non-hydrogen) atoms. The third kappa shape index (κ3) is 6.12. The zero-order chi connectivity index (χ0) is 25.5. The molecule has 4 heteroatoms. The average molecular weight is 495 g/mol. The van der Waals surface area contributed by atoms with E-state index in [0.717, 1.165) is 36.8 Å². The Kier molecular flexibility index (Phi) is 8.35. The number of rotatable bonds is 8. The van der Waals surface area contributed by atoms with Crippen LogP contribution in [0.3, 0.4) is 0 Å². The summed E-state index contributed by atoms with van der Waals surface area (Å²) in [5.74, 6) is 0.315. The van der Waals surface area contributed by atoms with Gasteiger partial charge in [-0.2, -0.15) is 0 Å². The number of hydrogen-bond donors (Lipinski definition) is 2. The molecule has 2 fully saturated rings. The van der Waals surface area contributed by atoms with E-state index in [0.29, 0.717) is 23.2 Å².